The van der Waals surface area contributed by atoms with Crippen molar-refractivity contribution in [3.8, 4) is 5.75 Å². The summed E-state index contributed by atoms with van der Waals surface area (Å²) in [5, 5.41) is 3.00. The van der Waals surface area contributed by atoms with Crippen molar-refractivity contribution in [3.05, 3.63) is 24.3 Å². The van der Waals surface area contributed by atoms with E-state index in [4.69, 9.17) is 4.74 Å². The molecule has 0 bridgehead atoms. The number of ether oxygens (including phenoxy) is 1. The van der Waals surface area contributed by atoms with Gasteiger partial charge in [0.25, 0.3) is 0 Å². The van der Waals surface area contributed by atoms with Gasteiger partial charge in [-0.05, 0) is 50.2 Å². The highest BCUT2D eigenvalue weighted by atomic mass is 16.5. The number of amides is 3. The summed E-state index contributed by atoms with van der Waals surface area (Å²) in [7, 11) is 1.62. The molecule has 1 aromatic rings. The van der Waals surface area contributed by atoms with Crippen LogP contribution in [-0.2, 0) is 4.79 Å². The van der Waals surface area contributed by atoms with Crippen molar-refractivity contribution in [1.82, 2.24) is 9.80 Å². The molecule has 3 aliphatic rings. The number of benzene rings is 1. The lowest BCUT2D eigenvalue weighted by Gasteiger charge is -2.48. The molecule has 1 N–H and O–H groups in total. The molecule has 6 heteroatoms. The van der Waals surface area contributed by atoms with E-state index >= 15 is 0 Å². The molecule has 1 spiro atoms. The van der Waals surface area contributed by atoms with Gasteiger partial charge >= 0.3 is 6.03 Å². The van der Waals surface area contributed by atoms with E-state index in [1.807, 2.05) is 29.2 Å². The molecule has 2 heterocycles. The Hall–Kier alpha value is -2.24. The lowest BCUT2D eigenvalue weighted by atomic mass is 9.73. The van der Waals surface area contributed by atoms with E-state index in [0.29, 0.717) is 18.2 Å². The third kappa shape index (κ3) is 4.20. The predicted molar refractivity (Wildman–Crippen MR) is 104 cm³/mol. The Labute approximate surface area is 160 Å². The fraction of sp³-hybridized carbons (Fsp3) is 0.619. The number of anilines is 1. The van der Waals surface area contributed by atoms with Crippen LogP contribution in [0.25, 0.3) is 0 Å². The number of piperidine rings is 2. The van der Waals surface area contributed by atoms with Gasteiger partial charge in [-0.15, -0.1) is 0 Å². The van der Waals surface area contributed by atoms with Crippen LogP contribution in [0.3, 0.4) is 0 Å². The van der Waals surface area contributed by atoms with Gasteiger partial charge in [0.2, 0.25) is 5.91 Å². The highest BCUT2D eigenvalue weighted by Gasteiger charge is 2.43. The summed E-state index contributed by atoms with van der Waals surface area (Å²) in [5.74, 6) is 1.73. The van der Waals surface area contributed by atoms with Gasteiger partial charge in [0, 0.05) is 49.8 Å². The Kier molecular flexibility index (Phi) is 4.98. The Morgan fingerprint density at radius 2 is 2.15 bits per heavy atom. The number of carbonyl (C=O) groups is 2. The summed E-state index contributed by atoms with van der Waals surface area (Å²) in [6.07, 6.45) is 6.13. The Bertz CT molecular complexity index is 718. The standard InChI is InChI=1S/C21H29N3O3/c1-27-18-5-2-4-17(12-18)22-20(26)23-11-3-9-21(14-23)10-8-19(25)24(15-21)13-16-6-7-16/h2,4-5,12,16H,3,6-11,13-15H2,1H3,(H,22,26)/t21-/m1/s1. The number of urea groups is 1. The van der Waals surface area contributed by atoms with Crippen molar-refractivity contribution in [3.63, 3.8) is 0 Å². The zero-order valence-electron chi connectivity index (χ0n) is 16.1. The third-order valence-corrected chi connectivity index (χ3v) is 6.19. The smallest absolute Gasteiger partial charge is 0.321 e. The van der Waals surface area contributed by atoms with Crippen molar-refractivity contribution in [2.75, 3.05) is 38.6 Å². The largest absolute Gasteiger partial charge is 0.497 e. The molecule has 3 amide bonds. The molecule has 6 nitrogen and oxygen atoms in total. The highest BCUT2D eigenvalue weighted by molar-refractivity contribution is 5.89. The fourth-order valence-electron chi connectivity index (χ4n) is 4.50. The molecule has 1 aromatic carbocycles. The molecule has 0 unspecified atom stereocenters. The molecule has 146 valence electrons. The topological polar surface area (TPSA) is 61.9 Å². The first-order chi connectivity index (χ1) is 13.1. The van der Waals surface area contributed by atoms with E-state index in [9.17, 15) is 9.59 Å². The zero-order chi connectivity index (χ0) is 18.9. The van der Waals surface area contributed by atoms with Gasteiger partial charge in [-0.3, -0.25) is 4.79 Å². The summed E-state index contributed by atoms with van der Waals surface area (Å²) in [5.41, 5.74) is 0.806. The Morgan fingerprint density at radius 3 is 2.93 bits per heavy atom. The summed E-state index contributed by atoms with van der Waals surface area (Å²) >= 11 is 0. The maximum atomic E-state index is 12.8. The molecule has 2 saturated heterocycles. The molecule has 1 aliphatic carbocycles. The third-order valence-electron chi connectivity index (χ3n) is 6.19. The minimum Gasteiger partial charge on any atom is -0.497 e. The number of methoxy groups -OCH3 is 1. The van der Waals surface area contributed by atoms with Gasteiger partial charge in [0.05, 0.1) is 7.11 Å². The van der Waals surface area contributed by atoms with Gasteiger partial charge in [-0.1, -0.05) is 6.07 Å². The predicted octanol–water partition coefficient (Wildman–Crippen LogP) is 3.34. The quantitative estimate of drug-likeness (QED) is 0.883. The van der Waals surface area contributed by atoms with Crippen LogP contribution < -0.4 is 10.1 Å². The van der Waals surface area contributed by atoms with E-state index in [1.165, 1.54) is 12.8 Å². The highest BCUT2D eigenvalue weighted by Crippen LogP contribution is 2.40. The molecule has 4 rings (SSSR count). The second-order valence-corrected chi connectivity index (χ2v) is 8.40. The molecule has 0 radical (unpaired) electrons. The average Bonchev–Trinajstić information content (AvgIpc) is 3.49. The molecule has 2 aliphatic heterocycles. The first-order valence-corrected chi connectivity index (χ1v) is 10.0. The van der Waals surface area contributed by atoms with Crippen LogP contribution in [0.4, 0.5) is 10.5 Å². The van der Waals surface area contributed by atoms with Gasteiger partial charge in [0.1, 0.15) is 5.75 Å². The van der Waals surface area contributed by atoms with Gasteiger partial charge in [-0.2, -0.15) is 0 Å². The molecule has 0 aromatic heterocycles. The van der Waals surface area contributed by atoms with E-state index in [1.54, 1.807) is 7.11 Å². The van der Waals surface area contributed by atoms with Gasteiger partial charge in [0.15, 0.2) is 0 Å². The fourth-order valence-corrected chi connectivity index (χ4v) is 4.50. The first-order valence-electron chi connectivity index (χ1n) is 10.0. The van der Waals surface area contributed by atoms with Crippen molar-refractivity contribution < 1.29 is 14.3 Å². The van der Waals surface area contributed by atoms with Crippen LogP contribution in [0.15, 0.2) is 24.3 Å². The van der Waals surface area contributed by atoms with Crippen LogP contribution in [0.5, 0.6) is 5.75 Å². The SMILES string of the molecule is COc1cccc(NC(=O)N2CCC[C@@]3(CCC(=O)N(CC4CC4)C3)C2)c1. The zero-order valence-corrected chi connectivity index (χ0v) is 16.1. The van der Waals surface area contributed by atoms with E-state index in [-0.39, 0.29) is 11.4 Å². The van der Waals surface area contributed by atoms with Crippen LogP contribution in [-0.4, -0.2) is 55.0 Å². The van der Waals surface area contributed by atoms with Crippen molar-refractivity contribution in [2.24, 2.45) is 11.3 Å². The van der Waals surface area contributed by atoms with Crippen molar-refractivity contribution in [1.29, 1.82) is 0 Å². The molecule has 27 heavy (non-hydrogen) atoms. The number of hydrogen-bond donors (Lipinski definition) is 1. The first kappa shape index (κ1) is 18.1. The Balaban J connectivity index is 1.40. The number of carbonyl (C=O) groups excluding carboxylic acids is 2. The molecule has 1 saturated carbocycles. The van der Waals surface area contributed by atoms with Crippen LogP contribution in [0.1, 0.15) is 38.5 Å². The summed E-state index contributed by atoms with van der Waals surface area (Å²) in [6.45, 7) is 3.23. The lowest BCUT2D eigenvalue weighted by Crippen LogP contribution is -2.56. The number of nitrogens with one attached hydrogen (secondary N) is 1. The monoisotopic (exact) mass is 371 g/mol. The number of likely N-dealkylation sites (tertiary alicyclic amines) is 2. The van der Waals surface area contributed by atoms with Gasteiger partial charge < -0.3 is 19.9 Å². The van der Waals surface area contributed by atoms with Crippen LogP contribution in [0, 0.1) is 11.3 Å². The molecule has 3 fully saturated rings. The maximum absolute atomic E-state index is 12.8. The minimum atomic E-state index is -0.0621. The molecule has 1 atom stereocenters. The summed E-state index contributed by atoms with van der Waals surface area (Å²) in [6, 6.07) is 7.37. The number of hydrogen-bond acceptors (Lipinski definition) is 3. The lowest BCUT2D eigenvalue weighted by molar-refractivity contribution is -0.139. The maximum Gasteiger partial charge on any atom is 0.321 e. The number of rotatable bonds is 4. The van der Waals surface area contributed by atoms with Crippen molar-refractivity contribution in [2.45, 2.75) is 38.5 Å². The minimum absolute atomic E-state index is 0.0621. The summed E-state index contributed by atoms with van der Waals surface area (Å²) in [4.78, 5) is 29.1. The Morgan fingerprint density at radius 1 is 1.30 bits per heavy atom. The molecular formula is C21H29N3O3. The summed E-state index contributed by atoms with van der Waals surface area (Å²) < 4.78 is 5.23. The van der Waals surface area contributed by atoms with E-state index in [2.05, 4.69) is 10.2 Å². The van der Waals surface area contributed by atoms with Crippen LogP contribution >= 0.6 is 0 Å². The average molecular weight is 371 g/mol. The van der Waals surface area contributed by atoms with Crippen molar-refractivity contribution >= 4 is 17.6 Å². The van der Waals surface area contributed by atoms with Crippen LogP contribution in [0.2, 0.25) is 0 Å². The van der Waals surface area contributed by atoms with Gasteiger partial charge in [-0.25, -0.2) is 4.79 Å². The second-order valence-electron chi connectivity index (χ2n) is 8.40. The van der Waals surface area contributed by atoms with E-state index in [0.717, 1.165) is 56.9 Å². The van der Waals surface area contributed by atoms with E-state index < -0.39 is 0 Å². The number of nitrogens with zero attached hydrogens (tertiary/aromatic N) is 2. The second kappa shape index (κ2) is 7.41. The molecular weight excluding hydrogens is 342 g/mol. The normalized spacial score (nSPS) is 25.6.